The van der Waals surface area contributed by atoms with Crippen molar-refractivity contribution in [3.63, 3.8) is 0 Å². The van der Waals surface area contributed by atoms with Gasteiger partial charge >= 0.3 is 0 Å². The van der Waals surface area contributed by atoms with Crippen molar-refractivity contribution in [2.24, 2.45) is 5.16 Å². The Morgan fingerprint density at radius 2 is 2.33 bits per heavy atom. The van der Waals surface area contributed by atoms with Crippen LogP contribution in [-0.2, 0) is 4.74 Å². The van der Waals surface area contributed by atoms with Crippen LogP contribution in [0.4, 0.5) is 0 Å². The molecule has 0 unspecified atom stereocenters. The molecule has 1 aliphatic heterocycles. The van der Waals surface area contributed by atoms with Crippen LogP contribution in [0.1, 0.15) is 19.3 Å². The highest BCUT2D eigenvalue weighted by atomic mass is 16.5. The fourth-order valence-electron chi connectivity index (χ4n) is 0.874. The van der Waals surface area contributed by atoms with Gasteiger partial charge in [-0.15, -0.1) is 0 Å². The van der Waals surface area contributed by atoms with Crippen LogP contribution in [0.3, 0.4) is 0 Å². The zero-order valence-corrected chi connectivity index (χ0v) is 5.34. The summed E-state index contributed by atoms with van der Waals surface area (Å²) in [6.45, 7) is 1.32. The van der Waals surface area contributed by atoms with Crippen LogP contribution in [0.2, 0.25) is 0 Å². The van der Waals surface area contributed by atoms with Crippen molar-refractivity contribution in [3.05, 3.63) is 0 Å². The molecule has 0 spiro atoms. The lowest BCUT2D eigenvalue weighted by Gasteiger charge is -1.95. The first-order chi connectivity index (χ1) is 4.43. The topological polar surface area (TPSA) is 41.8 Å². The first-order valence-electron chi connectivity index (χ1n) is 3.21. The monoisotopic (exact) mass is 129 g/mol. The highest BCUT2D eigenvalue weighted by Crippen LogP contribution is 2.03. The van der Waals surface area contributed by atoms with Crippen molar-refractivity contribution in [3.8, 4) is 0 Å². The predicted molar refractivity (Wildman–Crippen MR) is 33.9 cm³/mol. The molecule has 1 fully saturated rings. The molecule has 3 nitrogen and oxygen atoms in total. The van der Waals surface area contributed by atoms with Gasteiger partial charge in [0.1, 0.15) is 0 Å². The fraction of sp³-hybridized carbons (Fsp3) is 0.833. The zero-order chi connectivity index (χ0) is 6.53. The summed E-state index contributed by atoms with van der Waals surface area (Å²) in [7, 11) is 0. The van der Waals surface area contributed by atoms with Gasteiger partial charge in [-0.2, -0.15) is 0 Å². The third-order valence-corrected chi connectivity index (χ3v) is 1.41. The molecule has 9 heavy (non-hydrogen) atoms. The molecule has 0 aromatic carbocycles. The van der Waals surface area contributed by atoms with Crippen molar-refractivity contribution < 1.29 is 9.94 Å². The third kappa shape index (κ3) is 2.01. The van der Waals surface area contributed by atoms with Gasteiger partial charge in [-0.05, 0) is 19.3 Å². The van der Waals surface area contributed by atoms with Crippen LogP contribution in [0.25, 0.3) is 0 Å². The molecule has 0 amide bonds. The summed E-state index contributed by atoms with van der Waals surface area (Å²) < 4.78 is 5.11. The summed E-state index contributed by atoms with van der Waals surface area (Å²) in [4.78, 5) is 0. The molecule has 0 aliphatic carbocycles. The van der Waals surface area contributed by atoms with Crippen LogP contribution in [-0.4, -0.2) is 24.1 Å². The van der Waals surface area contributed by atoms with Crippen LogP contribution < -0.4 is 0 Å². The van der Waals surface area contributed by atoms with Crippen molar-refractivity contribution in [1.82, 2.24) is 0 Å². The lowest BCUT2D eigenvalue weighted by atomic mass is 10.2. The second-order valence-corrected chi connectivity index (χ2v) is 2.18. The van der Waals surface area contributed by atoms with Crippen molar-refractivity contribution in [1.29, 1.82) is 0 Å². The quantitative estimate of drug-likeness (QED) is 0.392. The maximum Gasteiger partial charge on any atom is 0.0881 e. The number of hydrogen-bond donors (Lipinski definition) is 1. The predicted octanol–water partition coefficient (Wildman–Crippen LogP) is 1.02. The number of ether oxygens (including phenoxy) is 1. The van der Waals surface area contributed by atoms with Gasteiger partial charge in [0.05, 0.1) is 12.3 Å². The molecule has 3 heteroatoms. The van der Waals surface area contributed by atoms with Gasteiger partial charge in [0.15, 0.2) is 0 Å². The molecule has 0 saturated carbocycles. The molecule has 0 atom stereocenters. The van der Waals surface area contributed by atoms with E-state index in [0.29, 0.717) is 6.61 Å². The standard InChI is InChI=1S/C6H11NO2/c8-7-6-3-1-2-4-9-5-6/h8H,1-5H2. The Morgan fingerprint density at radius 1 is 1.44 bits per heavy atom. The summed E-state index contributed by atoms with van der Waals surface area (Å²) in [6, 6.07) is 0. The maximum atomic E-state index is 8.32. The minimum atomic E-state index is 0.510. The van der Waals surface area contributed by atoms with Gasteiger partial charge in [0.2, 0.25) is 0 Å². The number of nitrogens with zero attached hydrogens (tertiary/aromatic N) is 1. The van der Waals surface area contributed by atoms with Gasteiger partial charge in [-0.1, -0.05) is 5.16 Å². The highest BCUT2D eigenvalue weighted by Gasteiger charge is 2.04. The van der Waals surface area contributed by atoms with E-state index in [1.54, 1.807) is 0 Å². The Bertz CT molecular complexity index is 102. The summed E-state index contributed by atoms with van der Waals surface area (Å²) in [6.07, 6.45) is 3.05. The van der Waals surface area contributed by atoms with Crippen molar-refractivity contribution in [2.75, 3.05) is 13.2 Å². The van der Waals surface area contributed by atoms with Crippen LogP contribution in [0.15, 0.2) is 5.16 Å². The second kappa shape index (κ2) is 3.45. The lowest BCUT2D eigenvalue weighted by molar-refractivity contribution is 0.172. The summed E-state index contributed by atoms with van der Waals surface area (Å²) >= 11 is 0. The van der Waals surface area contributed by atoms with Crippen LogP contribution >= 0.6 is 0 Å². The van der Waals surface area contributed by atoms with E-state index in [1.807, 2.05) is 0 Å². The first kappa shape index (κ1) is 6.55. The number of hydrogen-bond acceptors (Lipinski definition) is 3. The SMILES string of the molecule is ON=C1CCCCOC1. The van der Waals surface area contributed by atoms with Crippen LogP contribution in [0, 0.1) is 0 Å². The summed E-state index contributed by atoms with van der Waals surface area (Å²) in [5, 5.41) is 11.4. The lowest BCUT2D eigenvalue weighted by Crippen LogP contribution is -2.04. The molecule has 1 N–H and O–H groups in total. The van der Waals surface area contributed by atoms with E-state index in [4.69, 9.17) is 9.94 Å². The zero-order valence-electron chi connectivity index (χ0n) is 5.34. The van der Waals surface area contributed by atoms with E-state index in [-0.39, 0.29) is 0 Å². The van der Waals surface area contributed by atoms with E-state index in [2.05, 4.69) is 5.16 Å². The Balaban J connectivity index is 2.36. The van der Waals surface area contributed by atoms with E-state index in [9.17, 15) is 0 Å². The second-order valence-electron chi connectivity index (χ2n) is 2.18. The van der Waals surface area contributed by atoms with Crippen molar-refractivity contribution in [2.45, 2.75) is 19.3 Å². The summed E-state index contributed by atoms with van der Waals surface area (Å²) in [5.74, 6) is 0. The Morgan fingerprint density at radius 3 is 3.11 bits per heavy atom. The maximum absolute atomic E-state index is 8.32. The van der Waals surface area contributed by atoms with Gasteiger partial charge in [0, 0.05) is 6.61 Å². The van der Waals surface area contributed by atoms with E-state index >= 15 is 0 Å². The normalized spacial score (nSPS) is 26.0. The number of rotatable bonds is 0. The molecule has 1 rings (SSSR count). The molecular formula is C6H11NO2. The van der Waals surface area contributed by atoms with Gasteiger partial charge in [0.25, 0.3) is 0 Å². The molecule has 52 valence electrons. The van der Waals surface area contributed by atoms with Crippen molar-refractivity contribution >= 4 is 5.71 Å². The molecule has 1 aliphatic rings. The van der Waals surface area contributed by atoms with Gasteiger partial charge < -0.3 is 9.94 Å². The smallest absolute Gasteiger partial charge is 0.0881 e. The minimum Gasteiger partial charge on any atom is -0.411 e. The average Bonchev–Trinajstić information content (AvgIpc) is 2.13. The molecular weight excluding hydrogens is 118 g/mol. The van der Waals surface area contributed by atoms with E-state index in [1.165, 1.54) is 0 Å². The summed E-state index contributed by atoms with van der Waals surface area (Å²) in [5.41, 5.74) is 0.771. The van der Waals surface area contributed by atoms with E-state index in [0.717, 1.165) is 31.6 Å². The molecule has 0 aromatic rings. The molecule has 0 radical (unpaired) electrons. The fourth-order valence-corrected chi connectivity index (χ4v) is 0.874. The molecule has 1 heterocycles. The Labute approximate surface area is 54.3 Å². The molecule has 1 saturated heterocycles. The Kier molecular flexibility index (Phi) is 2.51. The Hall–Kier alpha value is -0.570. The van der Waals surface area contributed by atoms with Crippen LogP contribution in [0.5, 0.6) is 0 Å². The van der Waals surface area contributed by atoms with E-state index < -0.39 is 0 Å². The number of oxime groups is 1. The third-order valence-electron chi connectivity index (χ3n) is 1.41. The average molecular weight is 129 g/mol. The van der Waals surface area contributed by atoms with Gasteiger partial charge in [-0.25, -0.2) is 0 Å². The highest BCUT2D eigenvalue weighted by molar-refractivity contribution is 5.85. The minimum absolute atomic E-state index is 0.510. The van der Waals surface area contributed by atoms with Gasteiger partial charge in [-0.3, -0.25) is 0 Å². The molecule has 0 bridgehead atoms. The largest absolute Gasteiger partial charge is 0.411 e. The molecule has 0 aromatic heterocycles. The first-order valence-corrected chi connectivity index (χ1v) is 3.21.